The highest BCUT2D eigenvalue weighted by molar-refractivity contribution is 5.74. The van der Waals surface area contributed by atoms with Gasteiger partial charge in [-0.15, -0.1) is 0 Å². The zero-order chi connectivity index (χ0) is 12.7. The van der Waals surface area contributed by atoms with Crippen LogP contribution in [-0.4, -0.2) is 37.6 Å². The number of nitrogens with zero attached hydrogens (tertiary/aromatic N) is 3. The van der Waals surface area contributed by atoms with Crippen molar-refractivity contribution in [1.29, 1.82) is 0 Å². The van der Waals surface area contributed by atoms with E-state index < -0.39 is 0 Å². The maximum atomic E-state index is 11.6. The molecule has 8 heteroatoms. The maximum Gasteiger partial charge on any atom is 0.263 e. The van der Waals surface area contributed by atoms with Gasteiger partial charge in [-0.1, -0.05) is 0 Å². The summed E-state index contributed by atoms with van der Waals surface area (Å²) in [6.45, 7) is -0.0220. The first-order valence-corrected chi connectivity index (χ1v) is 5.68. The SMILES string of the molecule is Nc1nc2c(cnn2[C@H]2CC[C@@H](CO)O2)c(=O)[nH]1. The number of ether oxygens (including phenoxy) is 1. The normalized spacial score (nSPS) is 23.8. The summed E-state index contributed by atoms with van der Waals surface area (Å²) in [6, 6.07) is 0. The second kappa shape index (κ2) is 4.07. The van der Waals surface area contributed by atoms with Crippen molar-refractivity contribution in [2.24, 2.45) is 0 Å². The molecule has 1 fully saturated rings. The van der Waals surface area contributed by atoms with Gasteiger partial charge in [0.1, 0.15) is 5.39 Å². The Morgan fingerprint density at radius 1 is 1.61 bits per heavy atom. The summed E-state index contributed by atoms with van der Waals surface area (Å²) in [4.78, 5) is 18.1. The van der Waals surface area contributed by atoms with Gasteiger partial charge in [-0.3, -0.25) is 9.78 Å². The molecule has 18 heavy (non-hydrogen) atoms. The third kappa shape index (κ3) is 1.66. The zero-order valence-electron chi connectivity index (χ0n) is 9.54. The molecule has 0 radical (unpaired) electrons. The van der Waals surface area contributed by atoms with Gasteiger partial charge in [0.25, 0.3) is 5.56 Å². The lowest BCUT2D eigenvalue weighted by Crippen LogP contribution is -2.17. The number of aromatic nitrogens is 4. The summed E-state index contributed by atoms with van der Waals surface area (Å²) in [5, 5.41) is 13.5. The minimum atomic E-state index is -0.319. The van der Waals surface area contributed by atoms with Crippen LogP contribution in [0.5, 0.6) is 0 Å². The number of hydrogen-bond acceptors (Lipinski definition) is 6. The molecule has 2 aromatic heterocycles. The Balaban J connectivity index is 2.05. The number of hydrogen-bond donors (Lipinski definition) is 3. The van der Waals surface area contributed by atoms with Crippen LogP contribution in [-0.2, 0) is 4.74 Å². The third-order valence-corrected chi connectivity index (χ3v) is 3.04. The molecule has 0 bridgehead atoms. The van der Waals surface area contributed by atoms with E-state index >= 15 is 0 Å². The number of anilines is 1. The average Bonchev–Trinajstić information content (AvgIpc) is 2.93. The van der Waals surface area contributed by atoms with Crippen LogP contribution in [0.2, 0.25) is 0 Å². The van der Waals surface area contributed by atoms with Crippen molar-refractivity contribution in [3.8, 4) is 0 Å². The highest BCUT2D eigenvalue weighted by Crippen LogP contribution is 2.29. The lowest BCUT2D eigenvalue weighted by molar-refractivity contribution is -0.0262. The van der Waals surface area contributed by atoms with E-state index in [9.17, 15) is 4.79 Å². The summed E-state index contributed by atoms with van der Waals surface area (Å²) in [5.74, 6) is 0.0472. The van der Waals surface area contributed by atoms with E-state index in [0.29, 0.717) is 11.0 Å². The smallest absolute Gasteiger partial charge is 0.263 e. The Labute approximate surface area is 101 Å². The van der Waals surface area contributed by atoms with Crippen molar-refractivity contribution >= 4 is 17.0 Å². The Hall–Kier alpha value is -1.93. The molecule has 1 aliphatic heterocycles. The second-order valence-corrected chi connectivity index (χ2v) is 4.25. The van der Waals surface area contributed by atoms with E-state index in [2.05, 4.69) is 15.1 Å². The molecule has 0 unspecified atom stereocenters. The molecule has 0 aromatic carbocycles. The highest BCUT2D eigenvalue weighted by atomic mass is 16.5. The molecule has 96 valence electrons. The van der Waals surface area contributed by atoms with Gasteiger partial charge in [0.05, 0.1) is 18.9 Å². The average molecular weight is 251 g/mol. The molecular weight excluding hydrogens is 238 g/mol. The van der Waals surface area contributed by atoms with Crippen LogP contribution in [0.3, 0.4) is 0 Å². The molecule has 0 aliphatic carbocycles. The predicted molar refractivity (Wildman–Crippen MR) is 62.8 cm³/mol. The lowest BCUT2D eigenvalue weighted by Gasteiger charge is -2.12. The van der Waals surface area contributed by atoms with E-state index in [0.717, 1.165) is 12.8 Å². The largest absolute Gasteiger partial charge is 0.394 e. The van der Waals surface area contributed by atoms with Gasteiger partial charge >= 0.3 is 0 Å². The number of nitrogens with two attached hydrogens (primary N) is 1. The van der Waals surface area contributed by atoms with Crippen molar-refractivity contribution in [2.45, 2.75) is 25.2 Å². The molecule has 2 aromatic rings. The highest BCUT2D eigenvalue weighted by Gasteiger charge is 2.28. The van der Waals surface area contributed by atoms with Crippen molar-refractivity contribution < 1.29 is 9.84 Å². The van der Waals surface area contributed by atoms with Crippen molar-refractivity contribution in [3.05, 3.63) is 16.6 Å². The zero-order valence-corrected chi connectivity index (χ0v) is 9.54. The second-order valence-electron chi connectivity index (χ2n) is 4.25. The summed E-state index contributed by atoms with van der Waals surface area (Å²) >= 11 is 0. The van der Waals surface area contributed by atoms with E-state index in [1.807, 2.05) is 0 Å². The van der Waals surface area contributed by atoms with Crippen LogP contribution in [0.25, 0.3) is 11.0 Å². The number of rotatable bonds is 2. The number of nitrogens with one attached hydrogen (secondary N) is 1. The lowest BCUT2D eigenvalue weighted by atomic mass is 10.2. The molecule has 1 aliphatic rings. The Kier molecular flexibility index (Phi) is 2.53. The van der Waals surface area contributed by atoms with Crippen LogP contribution < -0.4 is 11.3 Å². The number of nitrogen functional groups attached to an aromatic ring is 1. The van der Waals surface area contributed by atoms with Crippen LogP contribution in [0.15, 0.2) is 11.0 Å². The number of aliphatic hydroxyl groups is 1. The van der Waals surface area contributed by atoms with Gasteiger partial charge in [-0.2, -0.15) is 10.1 Å². The van der Waals surface area contributed by atoms with E-state index in [1.54, 1.807) is 0 Å². The molecule has 0 amide bonds. The van der Waals surface area contributed by atoms with Gasteiger partial charge in [0.15, 0.2) is 11.9 Å². The first kappa shape index (κ1) is 11.2. The minimum Gasteiger partial charge on any atom is -0.394 e. The van der Waals surface area contributed by atoms with Crippen LogP contribution in [0.1, 0.15) is 19.1 Å². The van der Waals surface area contributed by atoms with Crippen LogP contribution >= 0.6 is 0 Å². The summed E-state index contributed by atoms with van der Waals surface area (Å²) in [7, 11) is 0. The summed E-state index contributed by atoms with van der Waals surface area (Å²) < 4.78 is 7.14. The third-order valence-electron chi connectivity index (χ3n) is 3.04. The predicted octanol–water partition coefficient (Wildman–Crippen LogP) is -0.628. The number of H-pyrrole nitrogens is 1. The first-order chi connectivity index (χ1) is 8.69. The number of fused-ring (bicyclic) bond motifs is 1. The molecule has 0 saturated carbocycles. The number of aliphatic hydroxyl groups excluding tert-OH is 1. The standard InChI is InChI=1S/C10H13N5O3/c11-10-13-8-6(9(17)14-10)3-12-15(8)7-2-1-5(4-16)18-7/h3,5,7,16H,1-2,4H2,(H3,11,13,14,17)/t5-,7+/m0/s1. The first-order valence-electron chi connectivity index (χ1n) is 5.68. The van der Waals surface area contributed by atoms with E-state index in [4.69, 9.17) is 15.6 Å². The van der Waals surface area contributed by atoms with Gasteiger partial charge in [-0.25, -0.2) is 4.68 Å². The molecule has 4 N–H and O–H groups in total. The quantitative estimate of drug-likeness (QED) is 0.654. The van der Waals surface area contributed by atoms with Crippen molar-refractivity contribution in [1.82, 2.24) is 19.7 Å². The van der Waals surface area contributed by atoms with E-state index in [1.165, 1.54) is 10.9 Å². The Morgan fingerprint density at radius 3 is 3.17 bits per heavy atom. The van der Waals surface area contributed by atoms with E-state index in [-0.39, 0.29) is 30.4 Å². The number of aromatic amines is 1. The van der Waals surface area contributed by atoms with Gasteiger partial charge in [0.2, 0.25) is 5.95 Å². The fourth-order valence-corrected chi connectivity index (χ4v) is 2.16. The van der Waals surface area contributed by atoms with Gasteiger partial charge in [0, 0.05) is 0 Å². The Bertz CT molecular complexity index is 634. The monoisotopic (exact) mass is 251 g/mol. The van der Waals surface area contributed by atoms with Crippen LogP contribution in [0, 0.1) is 0 Å². The summed E-state index contributed by atoms with van der Waals surface area (Å²) in [5.41, 5.74) is 5.60. The fraction of sp³-hybridized carbons (Fsp3) is 0.500. The van der Waals surface area contributed by atoms with Gasteiger partial charge < -0.3 is 15.6 Å². The topological polar surface area (TPSA) is 119 Å². The van der Waals surface area contributed by atoms with Crippen molar-refractivity contribution in [3.63, 3.8) is 0 Å². The molecule has 3 heterocycles. The minimum absolute atomic E-state index is 0.0220. The Morgan fingerprint density at radius 2 is 2.44 bits per heavy atom. The fourth-order valence-electron chi connectivity index (χ4n) is 2.16. The van der Waals surface area contributed by atoms with Gasteiger partial charge in [-0.05, 0) is 12.8 Å². The maximum absolute atomic E-state index is 11.6. The molecular formula is C10H13N5O3. The molecule has 2 atom stereocenters. The molecule has 1 saturated heterocycles. The van der Waals surface area contributed by atoms with Crippen LogP contribution in [0.4, 0.5) is 5.95 Å². The summed E-state index contributed by atoms with van der Waals surface area (Å²) in [6.07, 6.45) is 2.41. The molecule has 8 nitrogen and oxygen atoms in total. The molecule has 3 rings (SSSR count). The molecule has 0 spiro atoms. The van der Waals surface area contributed by atoms with Crippen molar-refractivity contribution in [2.75, 3.05) is 12.3 Å².